The Kier molecular flexibility index (Phi) is 5.73. The van der Waals surface area contributed by atoms with Crippen molar-refractivity contribution in [3.8, 4) is 11.1 Å². The number of aromatic nitrogens is 2. The van der Waals surface area contributed by atoms with E-state index in [2.05, 4.69) is 24.7 Å². The summed E-state index contributed by atoms with van der Waals surface area (Å²) >= 11 is 0. The molecule has 1 aromatic heterocycles. The van der Waals surface area contributed by atoms with E-state index in [0.717, 1.165) is 23.8 Å². The highest BCUT2D eigenvalue weighted by molar-refractivity contribution is 6.76. The number of esters is 1. The van der Waals surface area contributed by atoms with Crippen LogP contribution in [0.1, 0.15) is 10.4 Å². The summed E-state index contributed by atoms with van der Waals surface area (Å²) in [5.41, 5.74) is 2.41. The number of carbonyl (C=O) groups is 1. The van der Waals surface area contributed by atoms with Gasteiger partial charge in [-0.15, -0.1) is 0 Å². The van der Waals surface area contributed by atoms with Gasteiger partial charge in [0, 0.05) is 26.4 Å². The zero-order chi connectivity index (χ0) is 16.9. The number of nitrogens with zero attached hydrogens (tertiary/aromatic N) is 2. The van der Waals surface area contributed by atoms with Gasteiger partial charge in [0.1, 0.15) is 6.73 Å². The van der Waals surface area contributed by atoms with Gasteiger partial charge in [0.2, 0.25) is 0 Å². The van der Waals surface area contributed by atoms with E-state index in [1.807, 2.05) is 18.3 Å². The molecule has 0 N–H and O–H groups in total. The molecule has 0 amide bonds. The molecular weight excluding hydrogens is 308 g/mol. The fraction of sp³-hybridized carbons (Fsp3) is 0.412. The molecule has 0 unspecified atom stereocenters. The van der Waals surface area contributed by atoms with Crippen molar-refractivity contribution >= 4 is 14.0 Å². The lowest BCUT2D eigenvalue weighted by Gasteiger charge is -2.15. The van der Waals surface area contributed by atoms with Crippen LogP contribution in [0, 0.1) is 0 Å². The summed E-state index contributed by atoms with van der Waals surface area (Å²) in [5.74, 6) is -0.339. The first-order valence-electron chi connectivity index (χ1n) is 7.68. The molecule has 0 saturated heterocycles. The Hall–Kier alpha value is -1.92. The van der Waals surface area contributed by atoms with Crippen LogP contribution in [0.5, 0.6) is 0 Å². The third-order valence-electron chi connectivity index (χ3n) is 3.47. The first-order chi connectivity index (χ1) is 10.9. The summed E-state index contributed by atoms with van der Waals surface area (Å²) in [6.07, 6.45) is 3.70. The van der Waals surface area contributed by atoms with E-state index in [4.69, 9.17) is 9.47 Å². The van der Waals surface area contributed by atoms with Crippen molar-refractivity contribution in [3.05, 3.63) is 42.2 Å². The molecule has 0 saturated carbocycles. The van der Waals surface area contributed by atoms with Gasteiger partial charge in [-0.05, 0) is 23.7 Å². The first kappa shape index (κ1) is 17.4. The molecule has 0 spiro atoms. The first-order valence-corrected chi connectivity index (χ1v) is 11.4. The van der Waals surface area contributed by atoms with Crippen LogP contribution in [-0.2, 0) is 16.2 Å². The molecule has 23 heavy (non-hydrogen) atoms. The molecule has 6 heteroatoms. The van der Waals surface area contributed by atoms with Crippen molar-refractivity contribution in [3.63, 3.8) is 0 Å². The largest absolute Gasteiger partial charge is 0.465 e. The average Bonchev–Trinajstić information content (AvgIpc) is 2.99. The molecular formula is C17H24N2O3Si. The maximum atomic E-state index is 11.6. The highest BCUT2D eigenvalue weighted by Crippen LogP contribution is 2.20. The molecule has 1 heterocycles. The van der Waals surface area contributed by atoms with Gasteiger partial charge in [-0.3, -0.25) is 0 Å². The molecule has 0 radical (unpaired) electrons. The van der Waals surface area contributed by atoms with Crippen molar-refractivity contribution in [1.29, 1.82) is 0 Å². The molecule has 124 valence electrons. The Bertz CT molecular complexity index is 662. The van der Waals surface area contributed by atoms with Crippen LogP contribution in [0.4, 0.5) is 0 Å². The van der Waals surface area contributed by atoms with E-state index in [1.165, 1.54) is 7.11 Å². The second-order valence-electron chi connectivity index (χ2n) is 6.69. The Morgan fingerprint density at radius 3 is 2.74 bits per heavy atom. The van der Waals surface area contributed by atoms with Gasteiger partial charge in [0.05, 0.1) is 18.9 Å². The lowest BCUT2D eigenvalue weighted by atomic mass is 10.1. The van der Waals surface area contributed by atoms with E-state index in [9.17, 15) is 4.79 Å². The zero-order valence-electron chi connectivity index (χ0n) is 14.2. The normalized spacial score (nSPS) is 11.5. The Labute approximate surface area is 138 Å². The van der Waals surface area contributed by atoms with E-state index < -0.39 is 8.07 Å². The van der Waals surface area contributed by atoms with Crippen LogP contribution in [0.25, 0.3) is 11.1 Å². The fourth-order valence-corrected chi connectivity index (χ4v) is 2.82. The molecule has 0 atom stereocenters. The van der Waals surface area contributed by atoms with E-state index >= 15 is 0 Å². The van der Waals surface area contributed by atoms with Crippen LogP contribution < -0.4 is 0 Å². The summed E-state index contributed by atoms with van der Waals surface area (Å²) in [5, 5.41) is 4.31. The Morgan fingerprint density at radius 1 is 1.26 bits per heavy atom. The topological polar surface area (TPSA) is 53.3 Å². The molecule has 0 aliphatic heterocycles. The molecule has 2 rings (SSSR count). The summed E-state index contributed by atoms with van der Waals surface area (Å²) in [6, 6.07) is 8.46. The average molecular weight is 332 g/mol. The number of benzene rings is 1. The Morgan fingerprint density at radius 2 is 2.04 bits per heavy atom. The van der Waals surface area contributed by atoms with Gasteiger partial charge < -0.3 is 9.47 Å². The van der Waals surface area contributed by atoms with Crippen molar-refractivity contribution in [1.82, 2.24) is 9.78 Å². The van der Waals surface area contributed by atoms with Crippen LogP contribution >= 0.6 is 0 Å². The molecule has 0 aliphatic carbocycles. The van der Waals surface area contributed by atoms with E-state index in [0.29, 0.717) is 12.3 Å². The standard InChI is InChI=1S/C17H24N2O3Si/c1-21-17(20)15-7-5-6-14(10-15)16-11-18-19(12-16)13-22-8-9-23(2,3)4/h5-7,10-12H,8-9,13H2,1-4H3. The smallest absolute Gasteiger partial charge is 0.337 e. The second kappa shape index (κ2) is 7.57. The Balaban J connectivity index is 1.98. The van der Waals surface area contributed by atoms with Gasteiger partial charge in [-0.25, -0.2) is 9.48 Å². The highest BCUT2D eigenvalue weighted by Gasteiger charge is 2.12. The minimum Gasteiger partial charge on any atom is -0.465 e. The van der Waals surface area contributed by atoms with Crippen molar-refractivity contribution in [2.75, 3.05) is 13.7 Å². The molecule has 0 bridgehead atoms. The highest BCUT2D eigenvalue weighted by atomic mass is 28.3. The lowest BCUT2D eigenvalue weighted by Crippen LogP contribution is -2.22. The van der Waals surface area contributed by atoms with Crippen LogP contribution in [0.2, 0.25) is 25.7 Å². The van der Waals surface area contributed by atoms with Crippen molar-refractivity contribution in [2.24, 2.45) is 0 Å². The summed E-state index contributed by atoms with van der Waals surface area (Å²) < 4.78 is 12.2. The molecule has 1 aromatic carbocycles. The van der Waals surface area contributed by atoms with Crippen molar-refractivity contribution < 1.29 is 14.3 Å². The third kappa shape index (κ3) is 5.33. The minimum absolute atomic E-state index is 0.339. The van der Waals surface area contributed by atoms with E-state index in [1.54, 1.807) is 23.0 Å². The van der Waals surface area contributed by atoms with Crippen LogP contribution in [0.3, 0.4) is 0 Å². The molecule has 0 fully saturated rings. The maximum absolute atomic E-state index is 11.6. The maximum Gasteiger partial charge on any atom is 0.337 e. The second-order valence-corrected chi connectivity index (χ2v) is 12.3. The predicted octanol–water partition coefficient (Wildman–Crippen LogP) is 3.65. The minimum atomic E-state index is -1.06. The zero-order valence-corrected chi connectivity index (χ0v) is 15.2. The van der Waals surface area contributed by atoms with Gasteiger partial charge >= 0.3 is 5.97 Å². The van der Waals surface area contributed by atoms with Crippen molar-refractivity contribution in [2.45, 2.75) is 32.4 Å². The fourth-order valence-electron chi connectivity index (χ4n) is 2.06. The van der Waals surface area contributed by atoms with E-state index in [-0.39, 0.29) is 5.97 Å². The van der Waals surface area contributed by atoms with Gasteiger partial charge in [-0.2, -0.15) is 5.10 Å². The number of hydrogen-bond donors (Lipinski definition) is 0. The van der Waals surface area contributed by atoms with Crippen LogP contribution in [0.15, 0.2) is 36.7 Å². The summed E-state index contributed by atoms with van der Waals surface area (Å²) in [6.45, 7) is 8.20. The monoisotopic (exact) mass is 332 g/mol. The molecule has 2 aromatic rings. The number of ether oxygens (including phenoxy) is 2. The summed E-state index contributed by atoms with van der Waals surface area (Å²) in [4.78, 5) is 11.6. The van der Waals surface area contributed by atoms with Crippen LogP contribution in [-0.4, -0.2) is 37.5 Å². The molecule has 5 nitrogen and oxygen atoms in total. The quantitative estimate of drug-likeness (QED) is 0.441. The van der Waals surface area contributed by atoms with Gasteiger partial charge in [-0.1, -0.05) is 31.8 Å². The lowest BCUT2D eigenvalue weighted by molar-refractivity contribution is 0.0600. The van der Waals surface area contributed by atoms with Gasteiger partial charge in [0.15, 0.2) is 0 Å². The molecule has 0 aliphatic rings. The SMILES string of the molecule is COC(=O)c1cccc(-c2cnn(COCC[Si](C)(C)C)c2)c1. The van der Waals surface area contributed by atoms with Gasteiger partial charge in [0.25, 0.3) is 0 Å². The number of rotatable bonds is 7. The predicted molar refractivity (Wildman–Crippen MR) is 93.1 cm³/mol. The number of methoxy groups -OCH3 is 1. The number of carbonyl (C=O) groups excluding carboxylic acids is 1. The third-order valence-corrected chi connectivity index (χ3v) is 5.17. The summed E-state index contributed by atoms with van der Waals surface area (Å²) in [7, 11) is 0.318. The number of hydrogen-bond acceptors (Lipinski definition) is 4.